The van der Waals surface area contributed by atoms with E-state index in [1.54, 1.807) is 0 Å². The number of carbonyl (C=O) groups excluding carboxylic acids is 3. The number of alkyl halides is 2. The van der Waals surface area contributed by atoms with Crippen molar-refractivity contribution in [2.24, 2.45) is 5.92 Å². The Morgan fingerprint density at radius 2 is 1.59 bits per heavy atom. The van der Waals surface area contributed by atoms with Crippen LogP contribution in [-0.4, -0.2) is 73.4 Å². The second-order valence-electron chi connectivity index (χ2n) is 15.2. The summed E-state index contributed by atoms with van der Waals surface area (Å²) in [6, 6.07) is 18.8. The Bertz CT molecular complexity index is 1670. The molecule has 3 saturated heterocycles. The zero-order chi connectivity index (χ0) is 35.5. The molecule has 4 fully saturated rings. The number of likely N-dealkylation sites (tertiary alicyclic amines) is 1. The summed E-state index contributed by atoms with van der Waals surface area (Å²) in [6.45, 7) is 3.45. The first-order valence-corrected chi connectivity index (χ1v) is 19.0. The molecule has 1 saturated carbocycles. The first kappa shape index (κ1) is 35.4. The Morgan fingerprint density at radius 1 is 0.902 bits per heavy atom. The summed E-state index contributed by atoms with van der Waals surface area (Å²) in [5, 5.41) is 12.4. The molecule has 1 N–H and O–H groups in total. The van der Waals surface area contributed by atoms with Crippen molar-refractivity contribution in [2.45, 2.75) is 127 Å². The molecular weight excluding hydrogens is 650 g/mol. The van der Waals surface area contributed by atoms with Crippen molar-refractivity contribution in [1.29, 1.82) is 0 Å². The fourth-order valence-electron chi connectivity index (χ4n) is 8.87. The molecule has 2 unspecified atom stereocenters. The summed E-state index contributed by atoms with van der Waals surface area (Å²) in [5.41, 5.74) is 2.80. The molecule has 0 spiro atoms. The van der Waals surface area contributed by atoms with E-state index in [1.165, 1.54) is 10.5 Å². The number of unbranched alkanes of at least 4 members (excludes halogenated alkanes) is 1. The van der Waals surface area contributed by atoms with Gasteiger partial charge >= 0.3 is 0 Å². The number of fused-ring (bicyclic) bond motifs is 2. The van der Waals surface area contributed by atoms with E-state index in [9.17, 15) is 23.2 Å². The van der Waals surface area contributed by atoms with E-state index in [0.717, 1.165) is 81.5 Å². The van der Waals surface area contributed by atoms with Gasteiger partial charge in [0.25, 0.3) is 5.91 Å². The summed E-state index contributed by atoms with van der Waals surface area (Å²) in [6.07, 6.45) is 9.47. The van der Waals surface area contributed by atoms with E-state index in [0.29, 0.717) is 36.7 Å². The summed E-state index contributed by atoms with van der Waals surface area (Å²) in [4.78, 5) is 41.3. The van der Waals surface area contributed by atoms with Gasteiger partial charge in [-0.15, -0.1) is 10.2 Å². The monoisotopic (exact) mass is 700 g/mol. The Labute approximate surface area is 299 Å². The fraction of sp³-hybridized carbons (Fsp3) is 0.575. The van der Waals surface area contributed by atoms with Crippen molar-refractivity contribution >= 4 is 17.7 Å². The molecule has 11 heteroatoms. The van der Waals surface area contributed by atoms with E-state index >= 15 is 0 Å². The van der Waals surface area contributed by atoms with Crippen LogP contribution in [0.4, 0.5) is 8.78 Å². The summed E-state index contributed by atoms with van der Waals surface area (Å²) < 4.78 is 29.9. The van der Waals surface area contributed by atoms with E-state index in [-0.39, 0.29) is 55.4 Å². The van der Waals surface area contributed by atoms with Crippen LogP contribution in [-0.2, 0) is 22.4 Å². The maximum absolute atomic E-state index is 13.8. The van der Waals surface area contributed by atoms with Gasteiger partial charge in [0, 0.05) is 68.4 Å². The van der Waals surface area contributed by atoms with Crippen LogP contribution in [0.3, 0.4) is 0 Å². The number of imide groups is 1. The predicted molar refractivity (Wildman–Crippen MR) is 189 cm³/mol. The van der Waals surface area contributed by atoms with Crippen LogP contribution in [0.2, 0.25) is 0 Å². The van der Waals surface area contributed by atoms with Crippen LogP contribution < -0.4 is 5.32 Å². The van der Waals surface area contributed by atoms with Crippen molar-refractivity contribution in [1.82, 2.24) is 29.9 Å². The quantitative estimate of drug-likeness (QED) is 0.120. The molecule has 2 bridgehead atoms. The number of carbonyl (C=O) groups is 3. The van der Waals surface area contributed by atoms with Crippen LogP contribution >= 0.6 is 0 Å². The van der Waals surface area contributed by atoms with Gasteiger partial charge in [-0.25, -0.2) is 8.78 Å². The highest BCUT2D eigenvalue weighted by molar-refractivity contribution is 6.07. The van der Waals surface area contributed by atoms with Crippen LogP contribution in [0.15, 0.2) is 54.6 Å². The molecule has 4 heterocycles. The average molecular weight is 701 g/mol. The highest BCUT2D eigenvalue weighted by Gasteiger charge is 2.42. The van der Waals surface area contributed by atoms with Gasteiger partial charge in [0.05, 0.1) is 6.04 Å². The topological polar surface area (TPSA) is 100 Å². The van der Waals surface area contributed by atoms with Crippen LogP contribution in [0, 0.1) is 12.8 Å². The maximum atomic E-state index is 13.8. The average Bonchev–Trinajstić information content (AvgIpc) is 3.61. The fourth-order valence-corrected chi connectivity index (χ4v) is 8.87. The molecule has 9 nitrogen and oxygen atoms in total. The van der Waals surface area contributed by atoms with E-state index in [4.69, 9.17) is 0 Å². The Hall–Kier alpha value is -3.99. The minimum Gasteiger partial charge on any atom is -0.349 e. The van der Waals surface area contributed by atoms with Crippen molar-refractivity contribution in [2.75, 3.05) is 13.1 Å². The third-order valence-electron chi connectivity index (χ3n) is 11.9. The summed E-state index contributed by atoms with van der Waals surface area (Å²) >= 11 is 0. The standard InChI is InChI=1S/C40H50F2N6O3/c1-27-44-45-36(10-6-5-7-28-11-13-31(14-12-28)39(51)47-24-20-37(47)49)48(27)34-25-32-15-16-33(26-34)46(32)23-19-35(29-8-3-2-4-9-29)43-38(50)30-17-21-40(41,42)22-18-30/h2-4,8-9,11-14,30,32-35H,5-7,10,15-26H2,1H3,(H,43,50)/t32?,33?,34?,35-/m0/s1. The van der Waals surface area contributed by atoms with Crippen molar-refractivity contribution < 1.29 is 23.2 Å². The molecule has 0 radical (unpaired) electrons. The van der Waals surface area contributed by atoms with Gasteiger partial charge in [-0.05, 0) is 94.4 Å². The Morgan fingerprint density at radius 3 is 2.24 bits per heavy atom. The second kappa shape index (κ2) is 15.3. The first-order chi connectivity index (χ1) is 24.6. The van der Waals surface area contributed by atoms with Gasteiger partial charge < -0.3 is 9.88 Å². The number of hydrogen-bond acceptors (Lipinski definition) is 6. The molecule has 4 aliphatic rings. The lowest BCUT2D eigenvalue weighted by molar-refractivity contribution is -0.136. The number of rotatable bonds is 13. The van der Waals surface area contributed by atoms with Gasteiger partial charge in [-0.3, -0.25) is 24.2 Å². The lowest BCUT2D eigenvalue weighted by Crippen LogP contribution is -2.47. The number of benzene rings is 2. The van der Waals surface area contributed by atoms with E-state index < -0.39 is 5.92 Å². The molecule has 7 rings (SSSR count). The Kier molecular flexibility index (Phi) is 10.6. The molecule has 1 aromatic heterocycles. The third kappa shape index (κ3) is 8.08. The number of aryl methyl sites for hydroxylation is 3. The van der Waals surface area contributed by atoms with Crippen LogP contribution in [0.5, 0.6) is 0 Å². The smallest absolute Gasteiger partial charge is 0.260 e. The highest BCUT2D eigenvalue weighted by atomic mass is 19.3. The normalized spacial score (nSPS) is 23.9. The van der Waals surface area contributed by atoms with Gasteiger partial charge in [0.1, 0.15) is 11.6 Å². The van der Waals surface area contributed by atoms with Crippen LogP contribution in [0.1, 0.15) is 122 Å². The highest BCUT2D eigenvalue weighted by Crippen LogP contribution is 2.42. The zero-order valence-corrected chi connectivity index (χ0v) is 29.6. The number of piperidine rings is 1. The van der Waals surface area contributed by atoms with Crippen LogP contribution in [0.25, 0.3) is 0 Å². The SMILES string of the molecule is Cc1nnc(CCCCc2ccc(C(=O)N3CCC3=O)cc2)n1C1CC2CCC(C1)N2CC[C@H](NC(=O)C1CCC(F)(F)CC1)c1ccccc1. The largest absolute Gasteiger partial charge is 0.349 e. The van der Waals surface area contributed by atoms with Gasteiger partial charge in [0.2, 0.25) is 17.7 Å². The lowest BCUT2D eigenvalue weighted by atomic mass is 9.86. The minimum atomic E-state index is -2.65. The second-order valence-corrected chi connectivity index (χ2v) is 15.2. The predicted octanol–water partition coefficient (Wildman–Crippen LogP) is 6.77. The molecule has 3 amide bonds. The number of aromatic nitrogens is 3. The number of β-lactam (4-membered cyclic amide) rings is 1. The lowest BCUT2D eigenvalue weighted by Gasteiger charge is -2.40. The summed E-state index contributed by atoms with van der Waals surface area (Å²) in [5.74, 6) is -1.38. The molecule has 272 valence electrons. The molecule has 3 atom stereocenters. The maximum Gasteiger partial charge on any atom is 0.260 e. The zero-order valence-electron chi connectivity index (χ0n) is 29.6. The molecule has 51 heavy (non-hydrogen) atoms. The van der Waals surface area contributed by atoms with Crippen molar-refractivity contribution in [3.8, 4) is 0 Å². The molecular formula is C40H50F2N6O3. The van der Waals surface area contributed by atoms with Gasteiger partial charge in [-0.1, -0.05) is 42.5 Å². The number of nitrogens with one attached hydrogen (secondary N) is 1. The molecule has 2 aromatic carbocycles. The van der Waals surface area contributed by atoms with E-state index in [1.807, 2.05) is 42.5 Å². The number of halogens is 2. The van der Waals surface area contributed by atoms with Gasteiger partial charge in [-0.2, -0.15) is 0 Å². The van der Waals surface area contributed by atoms with Gasteiger partial charge in [0.15, 0.2) is 0 Å². The first-order valence-electron chi connectivity index (χ1n) is 19.0. The number of amides is 3. The van der Waals surface area contributed by atoms with Crippen molar-refractivity contribution in [3.05, 3.63) is 82.9 Å². The summed E-state index contributed by atoms with van der Waals surface area (Å²) in [7, 11) is 0. The number of hydrogen-bond donors (Lipinski definition) is 1. The van der Waals surface area contributed by atoms with Crippen molar-refractivity contribution in [3.63, 3.8) is 0 Å². The minimum absolute atomic E-state index is 0.0950. The number of nitrogens with zero attached hydrogens (tertiary/aromatic N) is 5. The molecule has 3 aromatic rings. The Balaban J connectivity index is 0.915. The van der Waals surface area contributed by atoms with E-state index in [2.05, 4.69) is 44.0 Å². The molecule has 3 aliphatic heterocycles. The molecule has 1 aliphatic carbocycles. The third-order valence-corrected chi connectivity index (χ3v) is 11.9.